The fourth-order valence-electron chi connectivity index (χ4n) is 1.14. The van der Waals surface area contributed by atoms with Crippen LogP contribution in [0.3, 0.4) is 0 Å². The van der Waals surface area contributed by atoms with Gasteiger partial charge in [0.1, 0.15) is 0 Å². The molecule has 1 aromatic carbocycles. The summed E-state index contributed by atoms with van der Waals surface area (Å²) in [6.45, 7) is 5.80. The monoisotopic (exact) mass is 205 g/mol. The molecule has 0 aliphatic carbocycles. The van der Waals surface area contributed by atoms with Crippen molar-refractivity contribution in [3.05, 3.63) is 40.5 Å². The maximum absolute atomic E-state index is 8.70. The molecule has 0 radical (unpaired) electrons. The highest BCUT2D eigenvalue weighted by Crippen LogP contribution is 2.24. The predicted octanol–water partition coefficient (Wildman–Crippen LogP) is 3.80. The molecule has 0 amide bonds. The minimum atomic E-state index is 0.538. The second-order valence-electron chi connectivity index (χ2n) is 3.35. The topological polar surface area (TPSA) is 23.8 Å². The second kappa shape index (κ2) is 4.30. The number of hydrogen-bond acceptors (Lipinski definition) is 1. The lowest BCUT2D eigenvalue weighted by Crippen LogP contribution is -1.85. The first kappa shape index (κ1) is 10.8. The summed E-state index contributed by atoms with van der Waals surface area (Å²) in [6.07, 6.45) is 0. The molecule has 0 saturated heterocycles. The third-order valence-electron chi connectivity index (χ3n) is 2.26. The molecule has 14 heavy (non-hydrogen) atoms. The third-order valence-corrected chi connectivity index (χ3v) is 2.76. The Kier molecular flexibility index (Phi) is 3.33. The van der Waals surface area contributed by atoms with Gasteiger partial charge in [-0.15, -0.1) is 0 Å². The summed E-state index contributed by atoms with van der Waals surface area (Å²) >= 11 is 6.04. The lowest BCUT2D eigenvalue weighted by atomic mass is 10.0. The molecule has 2 heteroatoms. The molecule has 0 N–H and O–H groups in total. The zero-order chi connectivity index (χ0) is 10.7. The Morgan fingerprint density at radius 3 is 2.43 bits per heavy atom. The average Bonchev–Trinajstić information content (AvgIpc) is 2.20. The van der Waals surface area contributed by atoms with Crippen molar-refractivity contribution in [1.82, 2.24) is 0 Å². The van der Waals surface area contributed by atoms with E-state index in [2.05, 4.69) is 0 Å². The molecule has 0 bridgehead atoms. The normalized spacial score (nSPS) is 11.9. The van der Waals surface area contributed by atoms with E-state index in [1.54, 1.807) is 6.92 Å². The fourth-order valence-corrected chi connectivity index (χ4v) is 1.30. The van der Waals surface area contributed by atoms with Crippen LogP contribution < -0.4 is 0 Å². The van der Waals surface area contributed by atoms with Crippen molar-refractivity contribution in [2.45, 2.75) is 20.8 Å². The number of allylic oxidation sites excluding steroid dienone is 1. The molecule has 72 valence electrons. The van der Waals surface area contributed by atoms with Crippen LogP contribution in [0.15, 0.2) is 23.8 Å². The van der Waals surface area contributed by atoms with Gasteiger partial charge in [-0.3, -0.25) is 0 Å². The Hall–Kier alpha value is -1.26. The predicted molar refractivity (Wildman–Crippen MR) is 60.0 cm³/mol. The number of halogens is 1. The SMILES string of the molecule is CC(C#N)=C(Cl)c1ccc(C)c(C)c1. The lowest BCUT2D eigenvalue weighted by molar-refractivity contribution is 1.33. The summed E-state index contributed by atoms with van der Waals surface area (Å²) in [5, 5.41) is 9.24. The van der Waals surface area contributed by atoms with Crippen molar-refractivity contribution in [3.63, 3.8) is 0 Å². The second-order valence-corrected chi connectivity index (χ2v) is 3.73. The van der Waals surface area contributed by atoms with Gasteiger partial charge in [0.2, 0.25) is 0 Å². The smallest absolute Gasteiger partial charge is 0.0959 e. The van der Waals surface area contributed by atoms with Gasteiger partial charge in [-0.05, 0) is 37.5 Å². The average molecular weight is 206 g/mol. The highest BCUT2D eigenvalue weighted by molar-refractivity contribution is 6.49. The van der Waals surface area contributed by atoms with Crippen LogP contribution in [0.25, 0.3) is 5.03 Å². The lowest BCUT2D eigenvalue weighted by Gasteiger charge is -2.04. The molecule has 0 unspecified atom stereocenters. The van der Waals surface area contributed by atoms with Gasteiger partial charge in [0.25, 0.3) is 0 Å². The number of nitriles is 1. The maximum atomic E-state index is 8.70. The van der Waals surface area contributed by atoms with Gasteiger partial charge in [-0.25, -0.2) is 0 Å². The van der Waals surface area contributed by atoms with Crippen molar-refractivity contribution >= 4 is 16.6 Å². The van der Waals surface area contributed by atoms with E-state index in [1.807, 2.05) is 38.1 Å². The quantitative estimate of drug-likeness (QED) is 0.640. The van der Waals surface area contributed by atoms with E-state index >= 15 is 0 Å². The van der Waals surface area contributed by atoms with Gasteiger partial charge in [-0.1, -0.05) is 29.8 Å². The third kappa shape index (κ3) is 2.16. The first-order chi connectivity index (χ1) is 6.56. The van der Waals surface area contributed by atoms with Crippen molar-refractivity contribution in [1.29, 1.82) is 5.26 Å². The largest absolute Gasteiger partial charge is 0.193 e. The first-order valence-corrected chi connectivity index (χ1v) is 4.78. The van der Waals surface area contributed by atoms with Crippen LogP contribution in [0, 0.1) is 25.2 Å². The molecule has 1 rings (SSSR count). The van der Waals surface area contributed by atoms with Gasteiger partial charge in [0.15, 0.2) is 0 Å². The molecule has 0 aromatic heterocycles. The van der Waals surface area contributed by atoms with Gasteiger partial charge in [0, 0.05) is 5.57 Å². The van der Waals surface area contributed by atoms with Crippen molar-refractivity contribution in [3.8, 4) is 6.07 Å². The minimum absolute atomic E-state index is 0.538. The van der Waals surface area contributed by atoms with E-state index in [9.17, 15) is 0 Å². The molecule has 0 atom stereocenters. The molecule has 0 fully saturated rings. The zero-order valence-electron chi connectivity index (χ0n) is 8.56. The summed E-state index contributed by atoms with van der Waals surface area (Å²) in [4.78, 5) is 0. The number of nitrogens with zero attached hydrogens (tertiary/aromatic N) is 1. The van der Waals surface area contributed by atoms with Crippen molar-refractivity contribution < 1.29 is 0 Å². The molecular weight excluding hydrogens is 194 g/mol. The van der Waals surface area contributed by atoms with Gasteiger partial charge in [0.05, 0.1) is 11.1 Å². The van der Waals surface area contributed by atoms with E-state index in [4.69, 9.17) is 16.9 Å². The summed E-state index contributed by atoms with van der Waals surface area (Å²) in [5.41, 5.74) is 3.88. The number of benzene rings is 1. The van der Waals surface area contributed by atoms with Crippen LogP contribution >= 0.6 is 11.6 Å². The molecule has 0 aliphatic rings. The van der Waals surface area contributed by atoms with E-state index in [0.29, 0.717) is 10.6 Å². The first-order valence-electron chi connectivity index (χ1n) is 4.40. The standard InChI is InChI=1S/C12H12ClN/c1-8-4-5-11(6-9(8)2)12(13)10(3)7-14/h4-6H,1-3H3. The Morgan fingerprint density at radius 1 is 1.29 bits per heavy atom. The van der Waals surface area contributed by atoms with Crippen LogP contribution in [0.5, 0.6) is 0 Å². The van der Waals surface area contributed by atoms with Crippen LogP contribution in [-0.2, 0) is 0 Å². The number of rotatable bonds is 1. The minimum Gasteiger partial charge on any atom is -0.193 e. The molecular formula is C12H12ClN. The molecule has 1 aromatic rings. The summed E-state index contributed by atoms with van der Waals surface area (Å²) < 4.78 is 0. The molecule has 0 aliphatic heterocycles. The van der Waals surface area contributed by atoms with Crippen LogP contribution in [0.2, 0.25) is 0 Å². The highest BCUT2D eigenvalue weighted by Gasteiger charge is 2.03. The summed E-state index contributed by atoms with van der Waals surface area (Å²) in [6, 6.07) is 7.99. The highest BCUT2D eigenvalue weighted by atomic mass is 35.5. The van der Waals surface area contributed by atoms with Gasteiger partial charge >= 0.3 is 0 Å². The van der Waals surface area contributed by atoms with Crippen molar-refractivity contribution in [2.75, 3.05) is 0 Å². The summed E-state index contributed by atoms with van der Waals surface area (Å²) in [5.74, 6) is 0. The maximum Gasteiger partial charge on any atom is 0.0959 e. The fraction of sp³-hybridized carbons (Fsp3) is 0.250. The van der Waals surface area contributed by atoms with E-state index in [0.717, 1.165) is 5.56 Å². The molecule has 0 heterocycles. The van der Waals surface area contributed by atoms with Crippen LogP contribution in [0.4, 0.5) is 0 Å². The number of aryl methyl sites for hydroxylation is 2. The van der Waals surface area contributed by atoms with Gasteiger partial charge in [-0.2, -0.15) is 5.26 Å². The Balaban J connectivity index is 3.24. The van der Waals surface area contributed by atoms with Gasteiger partial charge < -0.3 is 0 Å². The molecule has 0 spiro atoms. The molecule has 0 saturated carbocycles. The van der Waals surface area contributed by atoms with E-state index in [1.165, 1.54) is 11.1 Å². The van der Waals surface area contributed by atoms with Crippen LogP contribution in [-0.4, -0.2) is 0 Å². The Morgan fingerprint density at radius 2 is 1.93 bits per heavy atom. The van der Waals surface area contributed by atoms with Crippen molar-refractivity contribution in [2.24, 2.45) is 0 Å². The Bertz CT molecular complexity index is 424. The Labute approximate surface area is 89.6 Å². The zero-order valence-corrected chi connectivity index (χ0v) is 9.31. The van der Waals surface area contributed by atoms with Crippen LogP contribution in [0.1, 0.15) is 23.6 Å². The van der Waals surface area contributed by atoms with E-state index in [-0.39, 0.29) is 0 Å². The summed E-state index contributed by atoms with van der Waals surface area (Å²) in [7, 11) is 0. The molecule has 1 nitrogen and oxygen atoms in total. The number of hydrogen-bond donors (Lipinski definition) is 0. The van der Waals surface area contributed by atoms with E-state index < -0.39 is 0 Å².